The van der Waals surface area contributed by atoms with Crippen LogP contribution < -0.4 is 5.73 Å². The van der Waals surface area contributed by atoms with Crippen LogP contribution in [0.5, 0.6) is 0 Å². The zero-order chi connectivity index (χ0) is 10.0. The van der Waals surface area contributed by atoms with E-state index in [1.54, 1.807) is 0 Å². The summed E-state index contributed by atoms with van der Waals surface area (Å²) < 4.78 is 1.95. The first kappa shape index (κ1) is 10.5. The number of hydrogen-bond acceptors (Lipinski definition) is 2. The molecule has 13 heavy (non-hydrogen) atoms. The second-order valence-corrected chi connectivity index (χ2v) is 3.73. The quantitative estimate of drug-likeness (QED) is 0.814. The summed E-state index contributed by atoms with van der Waals surface area (Å²) in [5, 5.41) is 5.12. The molecule has 1 atom stereocenters. The molecule has 0 unspecified atom stereocenters. The summed E-state index contributed by atoms with van der Waals surface area (Å²) >= 11 is 6.03. The van der Waals surface area contributed by atoms with Crippen molar-refractivity contribution in [2.24, 2.45) is 5.73 Å². The second-order valence-electron chi connectivity index (χ2n) is 3.36. The van der Waals surface area contributed by atoms with E-state index in [0.717, 1.165) is 22.8 Å². The Balaban J connectivity index is 2.94. The summed E-state index contributed by atoms with van der Waals surface area (Å²) in [5.41, 5.74) is 7.41. The van der Waals surface area contributed by atoms with Crippen molar-refractivity contribution >= 4 is 11.6 Å². The van der Waals surface area contributed by atoms with Gasteiger partial charge in [-0.3, -0.25) is 4.68 Å². The van der Waals surface area contributed by atoms with Crippen molar-refractivity contribution in [3.8, 4) is 0 Å². The Morgan fingerprint density at radius 3 is 2.54 bits per heavy atom. The third-order valence-electron chi connectivity index (χ3n) is 2.24. The van der Waals surface area contributed by atoms with Gasteiger partial charge < -0.3 is 5.73 Å². The van der Waals surface area contributed by atoms with Crippen molar-refractivity contribution in [1.82, 2.24) is 9.78 Å². The molecule has 0 radical (unpaired) electrons. The lowest BCUT2D eigenvalue weighted by Gasteiger charge is -2.12. The van der Waals surface area contributed by atoms with E-state index in [1.165, 1.54) is 0 Å². The standard InChI is InChI=1S/C9H16ClN3/c1-6(4-5-11)13-8(3)9(10)7(2)12-13/h6H,4-5,11H2,1-3H3/t6-/m0/s1. The molecule has 0 spiro atoms. The molecular weight excluding hydrogens is 186 g/mol. The molecule has 0 aromatic carbocycles. The van der Waals surface area contributed by atoms with Crippen LogP contribution in [0, 0.1) is 13.8 Å². The Morgan fingerprint density at radius 2 is 2.15 bits per heavy atom. The van der Waals surface area contributed by atoms with Crippen molar-refractivity contribution in [1.29, 1.82) is 0 Å². The molecular formula is C9H16ClN3. The van der Waals surface area contributed by atoms with Crippen LogP contribution in [0.1, 0.15) is 30.8 Å². The molecule has 74 valence electrons. The molecule has 0 saturated heterocycles. The number of nitrogens with two attached hydrogens (primary N) is 1. The zero-order valence-electron chi connectivity index (χ0n) is 8.34. The predicted octanol–water partition coefficient (Wildman–Crippen LogP) is 2.06. The molecule has 3 nitrogen and oxygen atoms in total. The Kier molecular flexibility index (Phi) is 3.33. The third-order valence-corrected chi connectivity index (χ3v) is 2.79. The summed E-state index contributed by atoms with van der Waals surface area (Å²) in [7, 11) is 0. The Labute approximate surface area is 83.9 Å². The number of aryl methyl sites for hydroxylation is 1. The summed E-state index contributed by atoms with van der Waals surface area (Å²) in [6.45, 7) is 6.68. The van der Waals surface area contributed by atoms with Crippen molar-refractivity contribution in [2.45, 2.75) is 33.2 Å². The number of rotatable bonds is 3. The lowest BCUT2D eigenvalue weighted by Crippen LogP contribution is -2.13. The summed E-state index contributed by atoms with van der Waals surface area (Å²) in [6, 6.07) is 0.330. The number of nitrogens with zero attached hydrogens (tertiary/aromatic N) is 2. The third kappa shape index (κ3) is 2.03. The maximum absolute atomic E-state index is 6.03. The predicted molar refractivity (Wildman–Crippen MR) is 55.1 cm³/mol. The first-order chi connectivity index (χ1) is 6.07. The first-order valence-corrected chi connectivity index (χ1v) is 4.87. The van der Waals surface area contributed by atoms with Crippen LogP contribution >= 0.6 is 11.6 Å². The van der Waals surface area contributed by atoms with Gasteiger partial charge in [0, 0.05) is 0 Å². The summed E-state index contributed by atoms with van der Waals surface area (Å²) in [6.07, 6.45) is 0.929. The van der Waals surface area contributed by atoms with Crippen molar-refractivity contribution in [2.75, 3.05) is 6.54 Å². The molecule has 0 aliphatic rings. The smallest absolute Gasteiger partial charge is 0.0844 e. The van der Waals surface area contributed by atoms with Gasteiger partial charge in [0.15, 0.2) is 0 Å². The minimum atomic E-state index is 0.330. The topological polar surface area (TPSA) is 43.8 Å². The van der Waals surface area contributed by atoms with Gasteiger partial charge >= 0.3 is 0 Å². The van der Waals surface area contributed by atoms with E-state index >= 15 is 0 Å². The molecule has 1 rings (SSSR count). The van der Waals surface area contributed by atoms with Crippen LogP contribution in [0.3, 0.4) is 0 Å². The molecule has 2 N–H and O–H groups in total. The molecule has 0 bridgehead atoms. The number of aromatic nitrogens is 2. The van der Waals surface area contributed by atoms with Crippen LogP contribution in [-0.4, -0.2) is 16.3 Å². The van der Waals surface area contributed by atoms with E-state index in [2.05, 4.69) is 12.0 Å². The molecule has 0 saturated carbocycles. The fourth-order valence-corrected chi connectivity index (χ4v) is 1.56. The van der Waals surface area contributed by atoms with Crippen molar-refractivity contribution in [3.05, 3.63) is 16.4 Å². The second kappa shape index (κ2) is 4.11. The minimum Gasteiger partial charge on any atom is -0.330 e. The molecule has 1 aromatic rings. The van der Waals surface area contributed by atoms with E-state index < -0.39 is 0 Å². The monoisotopic (exact) mass is 201 g/mol. The van der Waals surface area contributed by atoms with E-state index in [9.17, 15) is 0 Å². The Bertz CT molecular complexity index is 293. The SMILES string of the molecule is Cc1nn([C@@H](C)CCN)c(C)c1Cl. The molecule has 1 heterocycles. The van der Waals surface area contributed by atoms with Crippen molar-refractivity contribution < 1.29 is 0 Å². The highest BCUT2D eigenvalue weighted by Crippen LogP contribution is 2.22. The van der Waals surface area contributed by atoms with Gasteiger partial charge in [-0.15, -0.1) is 0 Å². The van der Waals surface area contributed by atoms with Crippen molar-refractivity contribution in [3.63, 3.8) is 0 Å². The average molecular weight is 202 g/mol. The van der Waals surface area contributed by atoms with Crippen LogP contribution in [0.15, 0.2) is 0 Å². The van der Waals surface area contributed by atoms with Crippen LogP contribution in [-0.2, 0) is 0 Å². The van der Waals surface area contributed by atoms with Gasteiger partial charge in [0.05, 0.1) is 22.5 Å². The highest BCUT2D eigenvalue weighted by Gasteiger charge is 2.13. The van der Waals surface area contributed by atoms with Gasteiger partial charge in [-0.25, -0.2) is 0 Å². The molecule has 0 aliphatic carbocycles. The zero-order valence-corrected chi connectivity index (χ0v) is 9.10. The molecule has 0 amide bonds. The first-order valence-electron chi connectivity index (χ1n) is 4.49. The lowest BCUT2D eigenvalue weighted by atomic mass is 10.2. The maximum atomic E-state index is 6.03. The van der Waals surface area contributed by atoms with Gasteiger partial charge in [-0.05, 0) is 33.7 Å². The highest BCUT2D eigenvalue weighted by atomic mass is 35.5. The molecule has 4 heteroatoms. The van der Waals surface area contributed by atoms with Gasteiger partial charge in [0.1, 0.15) is 0 Å². The fraction of sp³-hybridized carbons (Fsp3) is 0.667. The van der Waals surface area contributed by atoms with E-state index in [4.69, 9.17) is 17.3 Å². The molecule has 0 aliphatic heterocycles. The Morgan fingerprint density at radius 1 is 1.54 bits per heavy atom. The lowest BCUT2D eigenvalue weighted by molar-refractivity contribution is 0.454. The number of hydrogen-bond donors (Lipinski definition) is 1. The fourth-order valence-electron chi connectivity index (χ4n) is 1.44. The molecule has 1 aromatic heterocycles. The maximum Gasteiger partial charge on any atom is 0.0844 e. The van der Waals surface area contributed by atoms with Gasteiger partial charge in [-0.1, -0.05) is 11.6 Å². The number of halogens is 1. The van der Waals surface area contributed by atoms with E-state index in [1.807, 2.05) is 18.5 Å². The van der Waals surface area contributed by atoms with Gasteiger partial charge in [-0.2, -0.15) is 5.10 Å². The summed E-state index contributed by atoms with van der Waals surface area (Å²) in [4.78, 5) is 0. The molecule has 0 fully saturated rings. The minimum absolute atomic E-state index is 0.330. The largest absolute Gasteiger partial charge is 0.330 e. The van der Waals surface area contributed by atoms with Crippen LogP contribution in [0.4, 0.5) is 0 Å². The van der Waals surface area contributed by atoms with E-state index in [0.29, 0.717) is 12.6 Å². The highest BCUT2D eigenvalue weighted by molar-refractivity contribution is 6.31. The van der Waals surface area contributed by atoms with Gasteiger partial charge in [0.25, 0.3) is 0 Å². The normalized spacial score (nSPS) is 13.3. The van der Waals surface area contributed by atoms with E-state index in [-0.39, 0.29) is 0 Å². The van der Waals surface area contributed by atoms with Crippen LogP contribution in [0.25, 0.3) is 0 Å². The Hall–Kier alpha value is -0.540. The average Bonchev–Trinajstić information content (AvgIpc) is 2.33. The van der Waals surface area contributed by atoms with Gasteiger partial charge in [0.2, 0.25) is 0 Å². The summed E-state index contributed by atoms with van der Waals surface area (Å²) in [5.74, 6) is 0. The van der Waals surface area contributed by atoms with Crippen LogP contribution in [0.2, 0.25) is 5.02 Å².